The van der Waals surface area contributed by atoms with Gasteiger partial charge in [-0.15, -0.1) is 11.8 Å². The van der Waals surface area contributed by atoms with Gasteiger partial charge in [-0.05, 0) is 31.0 Å². The molecule has 2 aromatic rings. The highest BCUT2D eigenvalue weighted by atomic mass is 32.2. The van der Waals surface area contributed by atoms with Crippen molar-refractivity contribution in [2.45, 2.75) is 38.6 Å². The Labute approximate surface area is 171 Å². The molecule has 150 valence electrons. The van der Waals surface area contributed by atoms with Gasteiger partial charge in [-0.25, -0.2) is 4.39 Å². The summed E-state index contributed by atoms with van der Waals surface area (Å²) in [6, 6.07) is 15.2. The quantitative estimate of drug-likeness (QED) is 0.731. The number of quaternary nitrogens is 1. The summed E-state index contributed by atoms with van der Waals surface area (Å²) in [5, 5.41) is -0.0000926. The number of benzene rings is 2. The number of carbonyl (C=O) groups excluding carboxylic acids is 1. The predicted molar refractivity (Wildman–Crippen MR) is 114 cm³/mol. The number of amides is 1. The molecule has 1 aliphatic rings. The monoisotopic (exact) mass is 401 g/mol. The smallest absolute Gasteiger partial charge is 0.278 e. The van der Waals surface area contributed by atoms with Crippen molar-refractivity contribution in [3.63, 3.8) is 0 Å². The third-order valence-electron chi connectivity index (χ3n) is 5.23. The third-order valence-corrected chi connectivity index (χ3v) is 6.49. The van der Waals surface area contributed by atoms with E-state index in [9.17, 15) is 9.18 Å². The van der Waals surface area contributed by atoms with E-state index in [1.807, 2.05) is 4.90 Å². The van der Waals surface area contributed by atoms with E-state index in [1.54, 1.807) is 23.9 Å². The van der Waals surface area contributed by atoms with Crippen LogP contribution in [0.1, 0.15) is 41.8 Å². The summed E-state index contributed by atoms with van der Waals surface area (Å²) >= 11 is 1.76. The summed E-state index contributed by atoms with van der Waals surface area (Å²) in [5.41, 5.74) is 3.53. The van der Waals surface area contributed by atoms with E-state index in [-0.39, 0.29) is 17.1 Å². The standard InChI is InChI=1S/C23H29FN2OS/c1-3-4-13-25(16-19-7-5-18(2)6-8-19)17-22(27)26-14-15-28-23(26)20-9-11-21(24)12-10-20/h5-12,23H,3-4,13-17H2,1-2H3/p+1/t23-/m0/s1. The molecule has 0 spiro atoms. The lowest BCUT2D eigenvalue weighted by atomic mass is 10.1. The fourth-order valence-electron chi connectivity index (χ4n) is 3.61. The molecule has 1 amide bonds. The van der Waals surface area contributed by atoms with E-state index >= 15 is 0 Å². The van der Waals surface area contributed by atoms with Crippen LogP contribution in [0.4, 0.5) is 4.39 Å². The highest BCUT2D eigenvalue weighted by Gasteiger charge is 2.32. The summed E-state index contributed by atoms with van der Waals surface area (Å²) in [6.45, 7) is 7.42. The molecule has 1 heterocycles. The Hall–Kier alpha value is -1.85. The molecule has 1 N–H and O–H groups in total. The molecule has 1 unspecified atom stereocenters. The van der Waals surface area contributed by atoms with Crippen LogP contribution >= 0.6 is 11.8 Å². The molecular formula is C23H30FN2OS+. The van der Waals surface area contributed by atoms with Gasteiger partial charge >= 0.3 is 0 Å². The molecule has 1 fully saturated rings. The van der Waals surface area contributed by atoms with Crippen molar-refractivity contribution in [3.05, 3.63) is 71.0 Å². The van der Waals surface area contributed by atoms with Gasteiger partial charge in [-0.2, -0.15) is 0 Å². The predicted octanol–water partition coefficient (Wildman–Crippen LogP) is 3.59. The third kappa shape index (κ3) is 5.58. The molecule has 0 radical (unpaired) electrons. The molecule has 2 aromatic carbocycles. The normalized spacial score (nSPS) is 17.7. The molecular weight excluding hydrogens is 371 g/mol. The van der Waals surface area contributed by atoms with Crippen LogP contribution in [-0.4, -0.2) is 36.2 Å². The Morgan fingerprint density at radius 3 is 2.57 bits per heavy atom. The number of aryl methyl sites for hydroxylation is 1. The van der Waals surface area contributed by atoms with Gasteiger partial charge in [-0.1, -0.05) is 55.3 Å². The Balaban J connectivity index is 1.67. The second-order valence-electron chi connectivity index (χ2n) is 7.55. The number of nitrogens with one attached hydrogen (secondary N) is 1. The van der Waals surface area contributed by atoms with Gasteiger partial charge in [0.2, 0.25) is 0 Å². The minimum atomic E-state index is -0.238. The largest absolute Gasteiger partial charge is 0.323 e. The van der Waals surface area contributed by atoms with Crippen LogP contribution in [0.15, 0.2) is 48.5 Å². The first kappa shape index (κ1) is 20.9. The number of thioether (sulfide) groups is 1. The Morgan fingerprint density at radius 2 is 1.89 bits per heavy atom. The van der Waals surface area contributed by atoms with Crippen LogP contribution in [0.5, 0.6) is 0 Å². The summed E-state index contributed by atoms with van der Waals surface area (Å²) in [4.78, 5) is 16.4. The Morgan fingerprint density at radius 1 is 1.18 bits per heavy atom. The first-order valence-corrected chi connectivity index (χ1v) is 11.2. The van der Waals surface area contributed by atoms with Crippen LogP contribution < -0.4 is 4.90 Å². The zero-order chi connectivity index (χ0) is 19.9. The number of rotatable bonds is 8. The molecule has 0 bridgehead atoms. The fourth-order valence-corrected chi connectivity index (χ4v) is 4.88. The number of hydrogen-bond donors (Lipinski definition) is 1. The summed E-state index contributed by atoms with van der Waals surface area (Å²) in [7, 11) is 0. The van der Waals surface area contributed by atoms with Crippen LogP contribution in [0.3, 0.4) is 0 Å². The van der Waals surface area contributed by atoms with Crippen molar-refractivity contribution in [2.75, 3.05) is 25.4 Å². The molecule has 3 rings (SSSR count). The number of halogens is 1. The topological polar surface area (TPSA) is 24.8 Å². The fraction of sp³-hybridized carbons (Fsp3) is 0.435. The maximum absolute atomic E-state index is 13.3. The molecule has 0 aromatic heterocycles. The van der Waals surface area contributed by atoms with Gasteiger partial charge < -0.3 is 9.80 Å². The SMILES string of the molecule is CCCC[NH+](CC(=O)N1CCS[C@H]1c1ccc(F)cc1)Cc1ccc(C)cc1. The highest BCUT2D eigenvalue weighted by molar-refractivity contribution is 7.99. The van der Waals surface area contributed by atoms with Crippen molar-refractivity contribution >= 4 is 17.7 Å². The lowest BCUT2D eigenvalue weighted by Crippen LogP contribution is -3.12. The lowest BCUT2D eigenvalue weighted by Gasteiger charge is -2.27. The van der Waals surface area contributed by atoms with Gasteiger partial charge in [0.25, 0.3) is 5.91 Å². The Bertz CT molecular complexity index is 763. The minimum Gasteiger partial charge on any atom is -0.323 e. The van der Waals surface area contributed by atoms with Crippen LogP contribution in [0.2, 0.25) is 0 Å². The van der Waals surface area contributed by atoms with Gasteiger partial charge in [0.05, 0.1) is 6.54 Å². The Kier molecular flexibility index (Phi) is 7.51. The maximum Gasteiger partial charge on any atom is 0.278 e. The molecule has 5 heteroatoms. The summed E-state index contributed by atoms with van der Waals surface area (Å²) < 4.78 is 13.3. The second kappa shape index (κ2) is 10.1. The average Bonchev–Trinajstić information content (AvgIpc) is 3.18. The summed E-state index contributed by atoms with van der Waals surface area (Å²) in [6.07, 6.45) is 2.24. The molecule has 3 nitrogen and oxygen atoms in total. The maximum atomic E-state index is 13.3. The molecule has 1 saturated heterocycles. The molecule has 28 heavy (non-hydrogen) atoms. The minimum absolute atomic E-state index is 0.0000926. The van der Waals surface area contributed by atoms with Gasteiger partial charge in [-0.3, -0.25) is 4.79 Å². The van der Waals surface area contributed by atoms with Crippen molar-refractivity contribution < 1.29 is 14.1 Å². The lowest BCUT2D eigenvalue weighted by molar-refractivity contribution is -0.906. The molecule has 2 atom stereocenters. The molecule has 0 aliphatic carbocycles. The average molecular weight is 402 g/mol. The van der Waals surface area contributed by atoms with E-state index < -0.39 is 0 Å². The van der Waals surface area contributed by atoms with Crippen molar-refractivity contribution in [3.8, 4) is 0 Å². The van der Waals surface area contributed by atoms with Gasteiger partial charge in [0.15, 0.2) is 6.54 Å². The van der Waals surface area contributed by atoms with Crippen molar-refractivity contribution in [1.82, 2.24) is 4.90 Å². The van der Waals surface area contributed by atoms with Crippen LogP contribution in [0, 0.1) is 12.7 Å². The van der Waals surface area contributed by atoms with Crippen molar-refractivity contribution in [1.29, 1.82) is 0 Å². The van der Waals surface area contributed by atoms with Crippen molar-refractivity contribution in [2.24, 2.45) is 0 Å². The number of hydrogen-bond acceptors (Lipinski definition) is 2. The zero-order valence-electron chi connectivity index (χ0n) is 16.8. The second-order valence-corrected chi connectivity index (χ2v) is 8.74. The van der Waals surface area contributed by atoms with E-state index in [4.69, 9.17) is 0 Å². The number of nitrogens with zero attached hydrogens (tertiary/aromatic N) is 1. The van der Waals surface area contributed by atoms with E-state index in [0.717, 1.165) is 43.8 Å². The summed E-state index contributed by atoms with van der Waals surface area (Å²) in [5.74, 6) is 0.881. The van der Waals surface area contributed by atoms with Crippen LogP contribution in [0.25, 0.3) is 0 Å². The van der Waals surface area contributed by atoms with Gasteiger partial charge in [0, 0.05) is 17.9 Å². The van der Waals surface area contributed by atoms with E-state index in [1.165, 1.54) is 28.2 Å². The molecule has 0 saturated carbocycles. The zero-order valence-corrected chi connectivity index (χ0v) is 17.6. The first-order chi connectivity index (χ1) is 13.6. The first-order valence-electron chi connectivity index (χ1n) is 10.1. The van der Waals surface area contributed by atoms with E-state index in [0.29, 0.717) is 6.54 Å². The number of carbonyl (C=O) groups is 1. The highest BCUT2D eigenvalue weighted by Crippen LogP contribution is 2.37. The number of unbranched alkanes of at least 4 members (excludes halogenated alkanes) is 1. The van der Waals surface area contributed by atoms with Gasteiger partial charge in [0.1, 0.15) is 17.7 Å². The van der Waals surface area contributed by atoms with Crippen LogP contribution in [-0.2, 0) is 11.3 Å². The molecule has 1 aliphatic heterocycles. The van der Waals surface area contributed by atoms with E-state index in [2.05, 4.69) is 38.1 Å².